The van der Waals surface area contributed by atoms with Crippen molar-refractivity contribution in [2.45, 2.75) is 44.8 Å². The van der Waals surface area contributed by atoms with E-state index < -0.39 is 23.6 Å². The molecule has 0 radical (unpaired) electrons. The second-order valence-corrected chi connectivity index (χ2v) is 11.4. The highest BCUT2D eigenvalue weighted by Crippen LogP contribution is 2.34. The summed E-state index contributed by atoms with van der Waals surface area (Å²) in [5.74, 6) is -3.11. The second kappa shape index (κ2) is 14.1. The van der Waals surface area contributed by atoms with Crippen LogP contribution in [-0.4, -0.2) is 92.2 Å². The molecular formula is C29H32F2N8O5S. The molecule has 5 rings (SSSR count). The van der Waals surface area contributed by atoms with E-state index >= 15 is 0 Å². The first-order chi connectivity index (χ1) is 21.6. The summed E-state index contributed by atoms with van der Waals surface area (Å²) in [6.45, 7) is 2.46. The van der Waals surface area contributed by atoms with Crippen molar-refractivity contribution in [3.05, 3.63) is 53.6 Å². The molecule has 1 fully saturated rings. The van der Waals surface area contributed by atoms with Gasteiger partial charge in [-0.15, -0.1) is 11.3 Å². The topological polar surface area (TPSA) is 146 Å². The number of nitrogens with zero attached hydrogens (tertiary/aromatic N) is 7. The predicted molar refractivity (Wildman–Crippen MR) is 160 cm³/mol. The Bertz CT molecular complexity index is 1680. The van der Waals surface area contributed by atoms with E-state index in [-0.39, 0.29) is 53.9 Å². The zero-order valence-electron chi connectivity index (χ0n) is 24.9. The number of halogens is 2. The lowest BCUT2D eigenvalue weighted by atomic mass is 9.93. The van der Waals surface area contributed by atoms with Crippen molar-refractivity contribution in [3.8, 4) is 22.0 Å². The molecule has 0 aromatic carbocycles. The number of rotatable bonds is 11. The van der Waals surface area contributed by atoms with Crippen LogP contribution in [0.1, 0.15) is 53.9 Å². The summed E-state index contributed by atoms with van der Waals surface area (Å²) in [5.41, 5.74) is 0.411. The molecule has 0 atom stereocenters. The Labute approximate surface area is 261 Å². The van der Waals surface area contributed by atoms with Crippen LogP contribution in [0.25, 0.3) is 22.0 Å². The molecule has 1 saturated carbocycles. The van der Waals surface area contributed by atoms with Crippen molar-refractivity contribution in [2.24, 2.45) is 0 Å². The minimum atomic E-state index is -0.881. The number of amides is 1. The van der Waals surface area contributed by atoms with Gasteiger partial charge in [-0.25, -0.2) is 19.0 Å². The van der Waals surface area contributed by atoms with Gasteiger partial charge in [0.2, 0.25) is 5.95 Å². The van der Waals surface area contributed by atoms with Crippen LogP contribution >= 0.6 is 11.3 Å². The van der Waals surface area contributed by atoms with Crippen molar-refractivity contribution in [1.29, 1.82) is 0 Å². The summed E-state index contributed by atoms with van der Waals surface area (Å²) < 4.78 is 42.0. The number of methoxy groups -OCH3 is 1. The number of likely N-dealkylation sites (N-methyl/N-ethyl adjacent to an activating group) is 1. The molecule has 1 aliphatic rings. The molecule has 45 heavy (non-hydrogen) atoms. The van der Waals surface area contributed by atoms with Crippen LogP contribution in [0.5, 0.6) is 0 Å². The van der Waals surface area contributed by atoms with E-state index in [9.17, 15) is 23.2 Å². The van der Waals surface area contributed by atoms with Gasteiger partial charge in [0.15, 0.2) is 5.82 Å². The number of pyridine rings is 1. The maximum atomic E-state index is 14.8. The Morgan fingerprint density at radius 2 is 1.87 bits per heavy atom. The third kappa shape index (κ3) is 7.64. The van der Waals surface area contributed by atoms with Crippen molar-refractivity contribution in [2.75, 3.05) is 39.2 Å². The molecule has 1 N–H and O–H groups in total. The SMILES string of the molecule is CCO[C@H]1CC[C@H](n2cc(NC(=O)c3csc(-c4cnn(C(=O)CN(C)CC(=O)OC)c4)n3)c(-c3nc(F)ccc3F)n2)CC1. The summed E-state index contributed by atoms with van der Waals surface area (Å²) in [7, 11) is 2.87. The minimum Gasteiger partial charge on any atom is -0.468 e. The third-order valence-corrected chi connectivity index (χ3v) is 8.18. The molecule has 4 heterocycles. The molecule has 13 nitrogen and oxygen atoms in total. The summed E-state index contributed by atoms with van der Waals surface area (Å²) in [4.78, 5) is 47.0. The number of aromatic nitrogens is 6. The normalized spacial score (nSPS) is 16.6. The number of anilines is 1. The monoisotopic (exact) mass is 642 g/mol. The number of nitrogens with one attached hydrogen (secondary N) is 1. The Kier molecular flexibility index (Phi) is 10.0. The number of hydrogen-bond acceptors (Lipinski definition) is 11. The summed E-state index contributed by atoms with van der Waals surface area (Å²) in [6, 6.07) is 1.86. The molecular weight excluding hydrogens is 610 g/mol. The fourth-order valence-corrected chi connectivity index (χ4v) is 5.83. The first-order valence-corrected chi connectivity index (χ1v) is 15.2. The average molecular weight is 643 g/mol. The summed E-state index contributed by atoms with van der Waals surface area (Å²) in [5, 5.41) is 13.3. The van der Waals surface area contributed by atoms with Crippen molar-refractivity contribution >= 4 is 34.8 Å². The summed E-state index contributed by atoms with van der Waals surface area (Å²) >= 11 is 1.17. The Morgan fingerprint density at radius 1 is 1.09 bits per heavy atom. The third-order valence-electron chi connectivity index (χ3n) is 7.29. The molecule has 238 valence electrons. The molecule has 0 aliphatic heterocycles. The average Bonchev–Trinajstić information content (AvgIpc) is 3.79. The highest BCUT2D eigenvalue weighted by Gasteiger charge is 2.27. The fourth-order valence-electron chi connectivity index (χ4n) is 5.05. The molecule has 0 unspecified atom stereocenters. The van der Waals surface area contributed by atoms with Gasteiger partial charge in [-0.05, 0) is 51.8 Å². The molecule has 1 aliphatic carbocycles. The fraction of sp³-hybridized carbons (Fsp3) is 0.414. The van der Waals surface area contributed by atoms with Crippen LogP contribution in [0.4, 0.5) is 14.5 Å². The summed E-state index contributed by atoms with van der Waals surface area (Å²) in [6.07, 6.45) is 7.89. The van der Waals surface area contributed by atoms with E-state index in [2.05, 4.69) is 30.2 Å². The van der Waals surface area contributed by atoms with Gasteiger partial charge in [0.25, 0.3) is 11.8 Å². The Morgan fingerprint density at radius 3 is 2.60 bits per heavy atom. The number of esters is 1. The smallest absolute Gasteiger partial charge is 0.319 e. The maximum absolute atomic E-state index is 14.8. The van der Waals surface area contributed by atoms with Crippen molar-refractivity contribution in [1.82, 2.24) is 34.4 Å². The zero-order valence-corrected chi connectivity index (χ0v) is 25.7. The van der Waals surface area contributed by atoms with Gasteiger partial charge >= 0.3 is 5.97 Å². The van der Waals surface area contributed by atoms with E-state index in [4.69, 9.17) is 4.74 Å². The minimum absolute atomic E-state index is 0.000286. The van der Waals surface area contributed by atoms with E-state index in [1.165, 1.54) is 41.1 Å². The standard InChI is InChI=1S/C29H32F2N8O5S/c1-4-44-19-7-5-18(6-8-19)38-13-21(27(36-38)26-20(30)9-10-23(31)35-26)33-28(42)22-16-45-29(34-22)17-11-32-39(12-17)24(40)14-37(2)15-25(41)43-3/h9-13,16,18-19H,4-8,14-15H2,1-3H3,(H,33,42)/t18-,19-. The van der Waals surface area contributed by atoms with Gasteiger partial charge in [0, 0.05) is 29.9 Å². The van der Waals surface area contributed by atoms with Gasteiger partial charge in [0.05, 0.1) is 44.2 Å². The molecule has 4 aromatic heterocycles. The van der Waals surface area contributed by atoms with Crippen LogP contribution in [0, 0.1) is 11.8 Å². The molecule has 0 bridgehead atoms. The quantitative estimate of drug-likeness (QED) is 0.188. The Balaban J connectivity index is 1.33. The van der Waals surface area contributed by atoms with Crippen LogP contribution in [-0.2, 0) is 14.3 Å². The first-order valence-electron chi connectivity index (χ1n) is 14.3. The van der Waals surface area contributed by atoms with Gasteiger partial charge < -0.3 is 14.8 Å². The number of carbonyl (C=O) groups is 3. The van der Waals surface area contributed by atoms with Gasteiger partial charge in [-0.1, -0.05) is 0 Å². The van der Waals surface area contributed by atoms with Gasteiger partial charge in [-0.2, -0.15) is 14.6 Å². The number of hydrogen-bond donors (Lipinski definition) is 1. The largest absolute Gasteiger partial charge is 0.468 e. The number of thiazole rings is 1. The highest BCUT2D eigenvalue weighted by atomic mass is 32.1. The lowest BCUT2D eigenvalue weighted by Gasteiger charge is -2.28. The van der Waals surface area contributed by atoms with Crippen molar-refractivity contribution < 1.29 is 32.6 Å². The van der Waals surface area contributed by atoms with Crippen LogP contribution in [0.3, 0.4) is 0 Å². The maximum Gasteiger partial charge on any atom is 0.319 e. The van der Waals surface area contributed by atoms with E-state index in [0.29, 0.717) is 17.2 Å². The van der Waals surface area contributed by atoms with Crippen molar-refractivity contribution in [3.63, 3.8) is 0 Å². The molecule has 16 heteroatoms. The van der Waals surface area contributed by atoms with Crippen LogP contribution in [0.15, 0.2) is 36.1 Å². The number of carbonyl (C=O) groups excluding carboxylic acids is 3. The molecule has 0 saturated heterocycles. The molecule has 4 aromatic rings. The number of ether oxygens (including phenoxy) is 2. The second-order valence-electron chi connectivity index (χ2n) is 10.5. The lowest BCUT2D eigenvalue weighted by Crippen LogP contribution is -2.34. The predicted octanol–water partition coefficient (Wildman–Crippen LogP) is 4.06. The van der Waals surface area contributed by atoms with E-state index in [1.807, 2.05) is 6.92 Å². The lowest BCUT2D eigenvalue weighted by molar-refractivity contribution is -0.141. The van der Waals surface area contributed by atoms with Crippen LogP contribution < -0.4 is 5.32 Å². The first kappa shape index (κ1) is 32.0. The van der Waals surface area contributed by atoms with E-state index in [0.717, 1.165) is 42.5 Å². The Hall–Kier alpha value is -4.41. The van der Waals surface area contributed by atoms with Crippen LogP contribution in [0.2, 0.25) is 0 Å². The zero-order chi connectivity index (χ0) is 32.1. The molecule has 1 amide bonds. The molecule has 0 spiro atoms. The highest BCUT2D eigenvalue weighted by molar-refractivity contribution is 7.13. The van der Waals surface area contributed by atoms with Gasteiger partial charge in [-0.3, -0.25) is 24.0 Å². The van der Waals surface area contributed by atoms with Gasteiger partial charge in [0.1, 0.15) is 22.1 Å². The van der Waals surface area contributed by atoms with E-state index in [1.54, 1.807) is 17.9 Å².